The molecule has 0 spiro atoms. The molecular weight excluding hydrogens is 398 g/mol. The highest BCUT2D eigenvalue weighted by molar-refractivity contribution is 5.70. The second kappa shape index (κ2) is 7.64. The molecule has 2 heterocycles. The number of nitrogens with zero attached hydrogens (tertiary/aromatic N) is 3. The van der Waals surface area contributed by atoms with Gasteiger partial charge in [0.05, 0.1) is 44.9 Å². The van der Waals surface area contributed by atoms with Crippen molar-refractivity contribution in [2.45, 2.75) is 31.7 Å². The molecule has 1 aliphatic heterocycles. The van der Waals surface area contributed by atoms with Gasteiger partial charge < -0.3 is 14.9 Å². The minimum atomic E-state index is -0.124. The van der Waals surface area contributed by atoms with Crippen LogP contribution in [0.4, 0.5) is 11.4 Å². The number of benzene rings is 2. The van der Waals surface area contributed by atoms with Gasteiger partial charge in [0.2, 0.25) is 5.56 Å². The van der Waals surface area contributed by atoms with Gasteiger partial charge in [-0.3, -0.25) is 9.79 Å². The number of pyridine rings is 1. The van der Waals surface area contributed by atoms with Crippen LogP contribution in [0.15, 0.2) is 70.6 Å². The lowest BCUT2D eigenvalue weighted by Gasteiger charge is -2.20. The number of para-hydroxylation sites is 1. The van der Waals surface area contributed by atoms with E-state index in [1.165, 1.54) is 6.07 Å². The van der Waals surface area contributed by atoms with Gasteiger partial charge in [0, 0.05) is 18.0 Å². The Hall–Kier alpha value is -3.93. The summed E-state index contributed by atoms with van der Waals surface area (Å²) in [6.45, 7) is 0. The van der Waals surface area contributed by atoms with Crippen molar-refractivity contribution in [1.82, 2.24) is 14.5 Å². The molecule has 6 nitrogen and oxygen atoms in total. The Morgan fingerprint density at radius 1 is 1.03 bits per heavy atom. The summed E-state index contributed by atoms with van der Waals surface area (Å²) in [5.41, 5.74) is 4.63. The van der Waals surface area contributed by atoms with Crippen LogP contribution in [0.5, 0.6) is 0 Å². The summed E-state index contributed by atoms with van der Waals surface area (Å²) in [5.74, 6) is 0. The third-order valence-electron chi connectivity index (χ3n) is 5.87. The van der Waals surface area contributed by atoms with Gasteiger partial charge in [0.25, 0.3) is 0 Å². The van der Waals surface area contributed by atoms with Crippen molar-refractivity contribution in [3.63, 3.8) is 0 Å². The maximum atomic E-state index is 11.5. The number of hydrogen-bond donors (Lipinski definition) is 2. The SMILES string of the molecule is O=c1ccc(Nc2cc3nc4c(n(-c5ccccc5)c-3cc2=NC2CC2)=CCCC=4)c[nH]1. The molecule has 4 aliphatic rings. The molecule has 0 bridgehead atoms. The highest BCUT2D eigenvalue weighted by atomic mass is 16.1. The van der Waals surface area contributed by atoms with Gasteiger partial charge in [-0.2, -0.15) is 0 Å². The molecule has 0 atom stereocenters. The minimum absolute atomic E-state index is 0.124. The molecule has 1 aromatic heterocycles. The van der Waals surface area contributed by atoms with Crippen molar-refractivity contribution in [1.29, 1.82) is 0 Å². The number of nitrogens with one attached hydrogen (secondary N) is 2. The Bertz CT molecular complexity index is 1510. The highest BCUT2D eigenvalue weighted by Gasteiger charge is 2.21. The van der Waals surface area contributed by atoms with Crippen LogP contribution in [0, 0.1) is 0 Å². The second-order valence-corrected chi connectivity index (χ2v) is 8.32. The van der Waals surface area contributed by atoms with E-state index in [-0.39, 0.29) is 5.56 Å². The smallest absolute Gasteiger partial charge is 0.248 e. The van der Waals surface area contributed by atoms with Crippen LogP contribution < -0.4 is 26.9 Å². The molecule has 1 saturated carbocycles. The zero-order valence-electron chi connectivity index (χ0n) is 17.6. The van der Waals surface area contributed by atoms with E-state index in [9.17, 15) is 4.79 Å². The standard InChI is InChI=1S/C26H23N5O/c32-26-13-12-18(16-27-26)29-21-14-23-25(15-22(21)28-17-10-11-17)31(19-6-2-1-3-7-19)24-9-5-4-8-20(24)30-23/h1-3,6-9,12-17,29H,4-5,10-11H2,(H,27,32). The predicted octanol–water partition coefficient (Wildman–Crippen LogP) is 2.83. The fourth-order valence-corrected chi connectivity index (χ4v) is 4.16. The first kappa shape index (κ1) is 18.8. The molecule has 1 aromatic carbocycles. The normalized spacial score (nSPS) is 15.7. The predicted molar refractivity (Wildman–Crippen MR) is 127 cm³/mol. The maximum Gasteiger partial charge on any atom is 0.248 e. The summed E-state index contributed by atoms with van der Waals surface area (Å²) in [7, 11) is 0. The fraction of sp³-hybridized carbons (Fsp3) is 0.192. The van der Waals surface area contributed by atoms with Gasteiger partial charge >= 0.3 is 0 Å². The van der Waals surface area contributed by atoms with E-state index in [1.807, 2.05) is 6.07 Å². The second-order valence-electron chi connectivity index (χ2n) is 8.32. The number of rotatable bonds is 4. The molecule has 0 unspecified atom stereocenters. The molecule has 2 N–H and O–H groups in total. The first-order valence-electron chi connectivity index (χ1n) is 11.1. The average molecular weight is 422 g/mol. The number of anilines is 2. The lowest BCUT2D eigenvalue weighted by Crippen LogP contribution is -2.40. The lowest BCUT2D eigenvalue weighted by molar-refractivity contribution is 0.911. The van der Waals surface area contributed by atoms with E-state index >= 15 is 0 Å². The molecule has 0 radical (unpaired) electrons. The summed E-state index contributed by atoms with van der Waals surface area (Å²) in [4.78, 5) is 24.2. The van der Waals surface area contributed by atoms with Crippen LogP contribution in [-0.2, 0) is 0 Å². The van der Waals surface area contributed by atoms with Gasteiger partial charge in [-0.1, -0.05) is 30.4 Å². The Kier molecular flexibility index (Phi) is 4.49. The molecule has 0 saturated heterocycles. The summed E-state index contributed by atoms with van der Waals surface area (Å²) in [6.07, 6.45) is 10.4. The van der Waals surface area contributed by atoms with Gasteiger partial charge in [-0.15, -0.1) is 0 Å². The molecule has 6 heteroatoms. The number of hydrogen-bond acceptors (Lipinski definition) is 4. The van der Waals surface area contributed by atoms with E-state index in [0.29, 0.717) is 6.04 Å². The molecule has 1 fully saturated rings. The summed E-state index contributed by atoms with van der Waals surface area (Å²) < 4.78 is 2.29. The van der Waals surface area contributed by atoms with Crippen molar-refractivity contribution >= 4 is 23.5 Å². The first-order chi connectivity index (χ1) is 15.7. The third-order valence-corrected chi connectivity index (χ3v) is 5.87. The van der Waals surface area contributed by atoms with E-state index in [0.717, 1.165) is 70.2 Å². The zero-order valence-corrected chi connectivity index (χ0v) is 17.6. The Labute approximate surface area is 184 Å². The van der Waals surface area contributed by atoms with Crippen LogP contribution in [-0.4, -0.2) is 20.6 Å². The molecule has 3 aliphatic carbocycles. The van der Waals surface area contributed by atoms with Crippen molar-refractivity contribution in [2.75, 3.05) is 5.32 Å². The number of aromatic amines is 1. The average Bonchev–Trinajstić information content (AvgIpc) is 3.64. The van der Waals surface area contributed by atoms with E-state index in [4.69, 9.17) is 9.98 Å². The molecule has 2 aromatic rings. The summed E-state index contributed by atoms with van der Waals surface area (Å²) >= 11 is 0. The highest BCUT2D eigenvalue weighted by Crippen LogP contribution is 2.26. The number of H-pyrrole nitrogens is 1. The molecule has 0 amide bonds. The number of fused-ring (bicyclic) bond motifs is 2. The molecular formula is C26H23N5O. The van der Waals surface area contributed by atoms with Crippen LogP contribution in [0.1, 0.15) is 25.7 Å². The van der Waals surface area contributed by atoms with E-state index in [1.54, 1.807) is 12.3 Å². The summed E-state index contributed by atoms with van der Waals surface area (Å²) in [5, 5.41) is 6.49. The molecule has 158 valence electrons. The van der Waals surface area contributed by atoms with Crippen molar-refractivity contribution in [3.8, 4) is 17.1 Å². The van der Waals surface area contributed by atoms with Crippen molar-refractivity contribution < 1.29 is 0 Å². The van der Waals surface area contributed by atoms with Crippen LogP contribution >= 0.6 is 0 Å². The summed E-state index contributed by atoms with van der Waals surface area (Å²) in [6, 6.07) is 18.3. The topological polar surface area (TPSA) is 75.1 Å². The van der Waals surface area contributed by atoms with Crippen LogP contribution in [0.25, 0.3) is 29.2 Å². The molecule has 32 heavy (non-hydrogen) atoms. The van der Waals surface area contributed by atoms with Gasteiger partial charge in [-0.25, -0.2) is 4.98 Å². The quantitative estimate of drug-likeness (QED) is 0.532. The fourth-order valence-electron chi connectivity index (χ4n) is 4.16. The van der Waals surface area contributed by atoms with Gasteiger partial charge in [-0.05, 0) is 56.0 Å². The Balaban J connectivity index is 1.63. The van der Waals surface area contributed by atoms with Crippen molar-refractivity contribution in [2.24, 2.45) is 4.99 Å². The van der Waals surface area contributed by atoms with E-state index in [2.05, 4.69) is 63.4 Å². The molecule has 6 rings (SSSR count). The Morgan fingerprint density at radius 2 is 1.88 bits per heavy atom. The number of aromatic nitrogens is 3. The monoisotopic (exact) mass is 421 g/mol. The largest absolute Gasteiger partial charge is 0.353 e. The zero-order chi connectivity index (χ0) is 21.5. The first-order valence-corrected chi connectivity index (χ1v) is 11.1. The van der Waals surface area contributed by atoms with Gasteiger partial charge in [0.15, 0.2) is 0 Å². The van der Waals surface area contributed by atoms with E-state index < -0.39 is 0 Å². The third kappa shape index (κ3) is 3.54. The lowest BCUT2D eigenvalue weighted by atomic mass is 10.1. The Morgan fingerprint density at radius 3 is 2.66 bits per heavy atom. The minimum Gasteiger partial charge on any atom is -0.353 e. The van der Waals surface area contributed by atoms with Crippen molar-refractivity contribution in [3.05, 3.63) is 87.2 Å². The van der Waals surface area contributed by atoms with Gasteiger partial charge in [0.1, 0.15) is 0 Å². The van der Waals surface area contributed by atoms with Crippen LogP contribution in [0.2, 0.25) is 0 Å². The maximum absolute atomic E-state index is 11.5. The van der Waals surface area contributed by atoms with Crippen LogP contribution in [0.3, 0.4) is 0 Å².